The molecule has 1 saturated carbocycles. The molecule has 0 radical (unpaired) electrons. The predicted molar refractivity (Wildman–Crippen MR) is 67.5 cm³/mol. The molecular formula is C12H13ClN2O3. The van der Waals surface area contributed by atoms with Crippen molar-refractivity contribution in [1.82, 2.24) is 5.32 Å². The Labute approximate surface area is 109 Å². The third-order valence-electron chi connectivity index (χ3n) is 2.66. The predicted octanol–water partition coefficient (Wildman–Crippen LogP) is 1.51. The quantitative estimate of drug-likeness (QED) is 0.574. The van der Waals surface area contributed by atoms with Gasteiger partial charge in [0.1, 0.15) is 5.75 Å². The van der Waals surface area contributed by atoms with E-state index >= 15 is 0 Å². The SMILES string of the molecule is O=C(NCC1CC1)C(=O)Nc1cc(Cl)ccc1O. The number of phenols is 1. The van der Waals surface area contributed by atoms with E-state index in [4.69, 9.17) is 11.6 Å². The molecule has 5 nitrogen and oxygen atoms in total. The van der Waals surface area contributed by atoms with Gasteiger partial charge in [-0.1, -0.05) is 11.6 Å². The number of halogens is 1. The van der Waals surface area contributed by atoms with Crippen LogP contribution in [0.1, 0.15) is 12.8 Å². The Morgan fingerprint density at radius 2 is 2.06 bits per heavy atom. The van der Waals surface area contributed by atoms with Gasteiger partial charge in [0.25, 0.3) is 0 Å². The standard InChI is InChI=1S/C12H13ClN2O3/c13-8-3-4-10(16)9(5-8)15-12(18)11(17)14-6-7-1-2-7/h3-5,7,16H,1-2,6H2,(H,14,17)(H,15,18). The van der Waals surface area contributed by atoms with Crippen LogP contribution in [-0.4, -0.2) is 23.5 Å². The molecule has 1 aromatic rings. The molecular weight excluding hydrogens is 256 g/mol. The summed E-state index contributed by atoms with van der Waals surface area (Å²) in [6.07, 6.45) is 2.19. The first kappa shape index (κ1) is 12.7. The zero-order valence-corrected chi connectivity index (χ0v) is 10.3. The van der Waals surface area contributed by atoms with E-state index in [1.807, 2.05) is 0 Å². The van der Waals surface area contributed by atoms with Crippen LogP contribution >= 0.6 is 11.6 Å². The van der Waals surface area contributed by atoms with Gasteiger partial charge in [-0.2, -0.15) is 0 Å². The number of nitrogens with one attached hydrogen (secondary N) is 2. The van der Waals surface area contributed by atoms with E-state index in [1.54, 1.807) is 0 Å². The number of benzene rings is 1. The molecule has 6 heteroatoms. The van der Waals surface area contributed by atoms with Crippen LogP contribution in [0.25, 0.3) is 0 Å². The number of hydrogen-bond acceptors (Lipinski definition) is 3. The van der Waals surface area contributed by atoms with Gasteiger partial charge >= 0.3 is 11.8 Å². The van der Waals surface area contributed by atoms with Crippen LogP contribution in [0.4, 0.5) is 5.69 Å². The van der Waals surface area contributed by atoms with E-state index in [2.05, 4.69) is 10.6 Å². The van der Waals surface area contributed by atoms with Crippen LogP contribution in [0.2, 0.25) is 5.02 Å². The summed E-state index contributed by atoms with van der Waals surface area (Å²) in [5.74, 6) is -1.15. The summed E-state index contributed by atoms with van der Waals surface area (Å²) in [4.78, 5) is 23.0. The zero-order chi connectivity index (χ0) is 13.1. The number of carbonyl (C=O) groups is 2. The van der Waals surface area contributed by atoms with Crippen LogP contribution in [0.5, 0.6) is 5.75 Å². The molecule has 1 aliphatic carbocycles. The molecule has 0 atom stereocenters. The second kappa shape index (κ2) is 5.27. The molecule has 0 saturated heterocycles. The first-order chi connectivity index (χ1) is 8.56. The molecule has 0 bridgehead atoms. The fourth-order valence-corrected chi connectivity index (χ4v) is 1.60. The van der Waals surface area contributed by atoms with Gasteiger partial charge in [-0.25, -0.2) is 0 Å². The average molecular weight is 269 g/mol. The lowest BCUT2D eigenvalue weighted by Crippen LogP contribution is -2.36. The fraction of sp³-hybridized carbons (Fsp3) is 0.333. The van der Waals surface area contributed by atoms with Crippen LogP contribution in [-0.2, 0) is 9.59 Å². The van der Waals surface area contributed by atoms with E-state index in [-0.39, 0.29) is 11.4 Å². The molecule has 0 spiro atoms. The molecule has 0 unspecified atom stereocenters. The van der Waals surface area contributed by atoms with Crippen LogP contribution < -0.4 is 10.6 Å². The topological polar surface area (TPSA) is 78.4 Å². The normalized spacial score (nSPS) is 14.1. The lowest BCUT2D eigenvalue weighted by molar-refractivity contribution is -0.136. The van der Waals surface area contributed by atoms with Crippen LogP contribution in [0.3, 0.4) is 0 Å². The Hall–Kier alpha value is -1.75. The Morgan fingerprint density at radius 1 is 1.33 bits per heavy atom. The second-order valence-electron chi connectivity index (χ2n) is 4.27. The molecule has 1 aromatic carbocycles. The zero-order valence-electron chi connectivity index (χ0n) is 9.57. The van der Waals surface area contributed by atoms with Crippen molar-refractivity contribution in [2.75, 3.05) is 11.9 Å². The number of rotatable bonds is 3. The van der Waals surface area contributed by atoms with Gasteiger partial charge in [0.2, 0.25) is 0 Å². The first-order valence-corrected chi connectivity index (χ1v) is 6.02. The maximum Gasteiger partial charge on any atom is 0.313 e. The summed E-state index contributed by atoms with van der Waals surface area (Å²) in [6.45, 7) is 0.522. The number of carbonyl (C=O) groups excluding carboxylic acids is 2. The van der Waals surface area contributed by atoms with Crippen molar-refractivity contribution in [3.8, 4) is 5.75 Å². The van der Waals surface area contributed by atoms with Gasteiger partial charge in [0, 0.05) is 11.6 Å². The van der Waals surface area contributed by atoms with Gasteiger partial charge in [0.05, 0.1) is 5.69 Å². The van der Waals surface area contributed by atoms with Crippen molar-refractivity contribution >= 4 is 29.1 Å². The molecule has 3 N–H and O–H groups in total. The van der Waals surface area contributed by atoms with E-state index < -0.39 is 11.8 Å². The number of anilines is 1. The molecule has 2 rings (SSSR count). The summed E-state index contributed by atoms with van der Waals surface area (Å²) in [5.41, 5.74) is 0.120. The summed E-state index contributed by atoms with van der Waals surface area (Å²) in [6, 6.07) is 4.21. The summed E-state index contributed by atoms with van der Waals surface area (Å²) < 4.78 is 0. The highest BCUT2D eigenvalue weighted by molar-refractivity contribution is 6.40. The largest absolute Gasteiger partial charge is 0.506 e. The molecule has 0 heterocycles. The van der Waals surface area contributed by atoms with Crippen molar-refractivity contribution in [1.29, 1.82) is 0 Å². The van der Waals surface area contributed by atoms with E-state index in [9.17, 15) is 14.7 Å². The number of hydrogen-bond donors (Lipinski definition) is 3. The van der Waals surface area contributed by atoms with Crippen molar-refractivity contribution in [2.45, 2.75) is 12.8 Å². The summed E-state index contributed by atoms with van der Waals surface area (Å²) in [5, 5.41) is 14.7. The van der Waals surface area contributed by atoms with Gasteiger partial charge < -0.3 is 15.7 Å². The molecule has 2 amide bonds. The Kier molecular flexibility index (Phi) is 3.72. The number of phenolic OH excluding ortho intramolecular Hbond substituents is 1. The molecule has 1 aliphatic rings. The van der Waals surface area contributed by atoms with Gasteiger partial charge in [-0.15, -0.1) is 0 Å². The maximum absolute atomic E-state index is 11.5. The molecule has 0 aromatic heterocycles. The monoisotopic (exact) mass is 268 g/mol. The summed E-state index contributed by atoms with van der Waals surface area (Å²) in [7, 11) is 0. The Balaban J connectivity index is 1.92. The van der Waals surface area contributed by atoms with E-state index in [0.29, 0.717) is 17.5 Å². The first-order valence-electron chi connectivity index (χ1n) is 5.64. The van der Waals surface area contributed by atoms with Crippen molar-refractivity contribution < 1.29 is 14.7 Å². The Morgan fingerprint density at radius 3 is 2.72 bits per heavy atom. The van der Waals surface area contributed by atoms with E-state index in [1.165, 1.54) is 18.2 Å². The number of amides is 2. The third kappa shape index (κ3) is 3.37. The van der Waals surface area contributed by atoms with E-state index in [0.717, 1.165) is 12.8 Å². The van der Waals surface area contributed by atoms with Crippen molar-refractivity contribution in [2.24, 2.45) is 5.92 Å². The van der Waals surface area contributed by atoms with Crippen molar-refractivity contribution in [3.63, 3.8) is 0 Å². The van der Waals surface area contributed by atoms with Gasteiger partial charge in [0.15, 0.2) is 0 Å². The van der Waals surface area contributed by atoms with Gasteiger partial charge in [-0.3, -0.25) is 9.59 Å². The third-order valence-corrected chi connectivity index (χ3v) is 2.90. The lowest BCUT2D eigenvalue weighted by Gasteiger charge is -2.07. The van der Waals surface area contributed by atoms with Gasteiger partial charge in [-0.05, 0) is 37.0 Å². The highest BCUT2D eigenvalue weighted by Gasteiger charge is 2.23. The second-order valence-corrected chi connectivity index (χ2v) is 4.71. The molecule has 1 fully saturated rings. The minimum atomic E-state index is -0.812. The number of aromatic hydroxyl groups is 1. The molecule has 96 valence electrons. The summed E-state index contributed by atoms with van der Waals surface area (Å²) >= 11 is 5.73. The minimum Gasteiger partial charge on any atom is -0.506 e. The Bertz CT molecular complexity index is 486. The van der Waals surface area contributed by atoms with Crippen LogP contribution in [0, 0.1) is 5.92 Å². The van der Waals surface area contributed by atoms with Crippen LogP contribution in [0.15, 0.2) is 18.2 Å². The lowest BCUT2D eigenvalue weighted by atomic mass is 10.3. The highest BCUT2D eigenvalue weighted by atomic mass is 35.5. The fourth-order valence-electron chi connectivity index (χ4n) is 1.43. The average Bonchev–Trinajstić information content (AvgIpc) is 3.14. The van der Waals surface area contributed by atoms with Crippen molar-refractivity contribution in [3.05, 3.63) is 23.2 Å². The smallest absolute Gasteiger partial charge is 0.313 e. The highest BCUT2D eigenvalue weighted by Crippen LogP contribution is 2.28. The maximum atomic E-state index is 11.5. The molecule has 18 heavy (non-hydrogen) atoms. The molecule has 0 aliphatic heterocycles. The minimum absolute atomic E-state index is 0.120.